The van der Waals surface area contributed by atoms with Gasteiger partial charge in [0.25, 0.3) is 0 Å². The van der Waals surface area contributed by atoms with Crippen molar-refractivity contribution >= 4 is 0 Å². The lowest BCUT2D eigenvalue weighted by molar-refractivity contribution is 0.410. The number of ether oxygens (including phenoxy) is 1. The molecule has 0 unspecified atom stereocenters. The molecule has 0 spiro atoms. The number of benzene rings is 1. The molecule has 2 aromatic rings. The van der Waals surface area contributed by atoms with Gasteiger partial charge in [0.15, 0.2) is 5.69 Å². The maximum Gasteiger partial charge on any atom is 0.166 e. The molecule has 4 heteroatoms. The van der Waals surface area contributed by atoms with E-state index >= 15 is 0 Å². The Hall–Kier alpha value is -2.28. The maximum absolute atomic E-state index is 9.06. The van der Waals surface area contributed by atoms with Gasteiger partial charge >= 0.3 is 0 Å². The molecule has 0 aliphatic rings. The van der Waals surface area contributed by atoms with Crippen molar-refractivity contribution in [1.29, 1.82) is 5.26 Å². The molecule has 4 nitrogen and oxygen atoms in total. The molecule has 1 heterocycles. The van der Waals surface area contributed by atoms with Gasteiger partial charge in [0.1, 0.15) is 17.6 Å². The number of H-pyrrole nitrogens is 1. The van der Waals surface area contributed by atoms with E-state index in [1.165, 1.54) is 0 Å². The molecule has 0 aliphatic heterocycles. The van der Waals surface area contributed by atoms with E-state index in [9.17, 15) is 0 Å². The van der Waals surface area contributed by atoms with E-state index in [4.69, 9.17) is 10.00 Å². The van der Waals surface area contributed by atoms with Crippen LogP contribution in [0.2, 0.25) is 0 Å². The fourth-order valence-electron chi connectivity index (χ4n) is 1.99. The topological polar surface area (TPSA) is 61.7 Å². The number of nitrogens with one attached hydrogen (secondary N) is 1. The summed E-state index contributed by atoms with van der Waals surface area (Å²) in [6.07, 6.45) is 0.881. The van der Waals surface area contributed by atoms with Crippen molar-refractivity contribution < 1.29 is 4.74 Å². The van der Waals surface area contributed by atoms with Crippen molar-refractivity contribution in [1.82, 2.24) is 9.97 Å². The van der Waals surface area contributed by atoms with Crippen LogP contribution in [0.3, 0.4) is 0 Å². The molecule has 0 atom stereocenters. The summed E-state index contributed by atoms with van der Waals surface area (Å²) in [6, 6.07) is 8.00. The van der Waals surface area contributed by atoms with Crippen LogP contribution in [0.5, 0.6) is 5.75 Å². The Morgan fingerprint density at radius 1 is 1.44 bits per heavy atom. The van der Waals surface area contributed by atoms with Crippen LogP contribution < -0.4 is 4.74 Å². The highest BCUT2D eigenvalue weighted by molar-refractivity contribution is 5.67. The minimum absolute atomic E-state index is 0.430. The summed E-state index contributed by atoms with van der Waals surface area (Å²) >= 11 is 0. The van der Waals surface area contributed by atoms with Crippen LogP contribution in [0.1, 0.15) is 24.0 Å². The summed E-state index contributed by atoms with van der Waals surface area (Å²) in [6.45, 7) is 3.92. The number of aryl methyl sites for hydroxylation is 2. The van der Waals surface area contributed by atoms with Crippen LogP contribution in [0.15, 0.2) is 18.2 Å². The van der Waals surface area contributed by atoms with Crippen LogP contribution in [-0.4, -0.2) is 17.1 Å². The first-order chi connectivity index (χ1) is 8.69. The van der Waals surface area contributed by atoms with E-state index in [1.807, 2.05) is 25.1 Å². The Morgan fingerprint density at radius 3 is 2.83 bits per heavy atom. The number of nitrogens with zero attached hydrogens (tertiary/aromatic N) is 2. The highest BCUT2D eigenvalue weighted by atomic mass is 16.5. The van der Waals surface area contributed by atoms with Gasteiger partial charge in [0, 0.05) is 5.56 Å². The Labute approximate surface area is 106 Å². The van der Waals surface area contributed by atoms with Gasteiger partial charge in [-0.3, -0.25) is 0 Å². The second-order valence-electron chi connectivity index (χ2n) is 4.04. The van der Waals surface area contributed by atoms with Crippen LogP contribution in [0.4, 0.5) is 0 Å². The van der Waals surface area contributed by atoms with E-state index < -0.39 is 0 Å². The highest BCUT2D eigenvalue weighted by Gasteiger charge is 2.11. The van der Waals surface area contributed by atoms with E-state index in [1.54, 1.807) is 7.11 Å². The zero-order valence-corrected chi connectivity index (χ0v) is 10.7. The van der Waals surface area contributed by atoms with Crippen molar-refractivity contribution in [2.75, 3.05) is 7.11 Å². The molecule has 0 radical (unpaired) electrons. The number of hydrogen-bond donors (Lipinski definition) is 1. The van der Waals surface area contributed by atoms with Gasteiger partial charge in [-0.15, -0.1) is 0 Å². The number of aromatic amines is 1. The van der Waals surface area contributed by atoms with Crippen molar-refractivity contribution in [3.8, 4) is 23.1 Å². The van der Waals surface area contributed by atoms with Crippen LogP contribution in [-0.2, 0) is 6.42 Å². The third-order valence-corrected chi connectivity index (χ3v) is 2.88. The third-order valence-electron chi connectivity index (χ3n) is 2.88. The quantitative estimate of drug-likeness (QED) is 0.898. The SMILES string of the molecule is CCc1cc(-c2[nH]c(C)nc2C#N)ccc1OC. The zero-order valence-electron chi connectivity index (χ0n) is 10.7. The minimum Gasteiger partial charge on any atom is -0.496 e. The predicted molar refractivity (Wildman–Crippen MR) is 69.4 cm³/mol. The van der Waals surface area contributed by atoms with Crippen LogP contribution in [0.25, 0.3) is 11.3 Å². The second-order valence-corrected chi connectivity index (χ2v) is 4.04. The monoisotopic (exact) mass is 241 g/mol. The fraction of sp³-hybridized carbons (Fsp3) is 0.286. The number of nitriles is 1. The molecule has 0 fully saturated rings. The first-order valence-electron chi connectivity index (χ1n) is 5.83. The van der Waals surface area contributed by atoms with Crippen molar-refractivity contribution in [3.05, 3.63) is 35.3 Å². The normalized spacial score (nSPS) is 10.1. The molecule has 1 aromatic heterocycles. The van der Waals surface area contributed by atoms with Gasteiger partial charge in [0.05, 0.1) is 12.8 Å². The zero-order chi connectivity index (χ0) is 13.1. The Balaban J connectivity index is 2.54. The summed E-state index contributed by atoms with van der Waals surface area (Å²) in [4.78, 5) is 7.28. The Bertz CT molecular complexity index is 608. The second kappa shape index (κ2) is 4.92. The Kier molecular flexibility index (Phi) is 3.33. The largest absolute Gasteiger partial charge is 0.496 e. The molecule has 0 saturated heterocycles. The smallest absolute Gasteiger partial charge is 0.166 e. The number of aromatic nitrogens is 2. The van der Waals surface area contributed by atoms with E-state index in [-0.39, 0.29) is 0 Å². The molecule has 1 N–H and O–H groups in total. The first-order valence-corrected chi connectivity index (χ1v) is 5.83. The molecular weight excluding hydrogens is 226 g/mol. The van der Waals surface area contributed by atoms with Crippen molar-refractivity contribution in [2.24, 2.45) is 0 Å². The summed E-state index contributed by atoms with van der Waals surface area (Å²) < 4.78 is 5.30. The minimum atomic E-state index is 0.430. The van der Waals surface area contributed by atoms with Gasteiger partial charge in [-0.05, 0) is 37.1 Å². The van der Waals surface area contributed by atoms with E-state index in [0.29, 0.717) is 5.69 Å². The standard InChI is InChI=1S/C14H15N3O/c1-4-10-7-11(5-6-13(10)18-3)14-12(8-15)16-9(2)17-14/h5-7H,4H2,1-3H3,(H,16,17). The molecule has 0 aliphatic carbocycles. The van der Waals surface area contributed by atoms with E-state index in [2.05, 4.69) is 23.0 Å². The summed E-state index contributed by atoms with van der Waals surface area (Å²) in [5, 5.41) is 9.06. The molecule has 1 aromatic carbocycles. The summed E-state index contributed by atoms with van der Waals surface area (Å²) in [5.41, 5.74) is 3.28. The first kappa shape index (κ1) is 12.2. The average molecular weight is 241 g/mol. The predicted octanol–water partition coefficient (Wildman–Crippen LogP) is 2.83. The molecule has 92 valence electrons. The molecule has 0 saturated carbocycles. The van der Waals surface area contributed by atoms with Gasteiger partial charge < -0.3 is 9.72 Å². The van der Waals surface area contributed by atoms with Crippen molar-refractivity contribution in [2.45, 2.75) is 20.3 Å². The number of imidazole rings is 1. The Morgan fingerprint density at radius 2 is 2.22 bits per heavy atom. The summed E-state index contributed by atoms with van der Waals surface area (Å²) in [5.74, 6) is 1.62. The fourth-order valence-corrected chi connectivity index (χ4v) is 1.99. The van der Waals surface area contributed by atoms with Crippen LogP contribution in [0, 0.1) is 18.3 Å². The molecular formula is C14H15N3O. The molecule has 2 rings (SSSR count). The van der Waals surface area contributed by atoms with Gasteiger partial charge in [-0.25, -0.2) is 4.98 Å². The number of rotatable bonds is 3. The van der Waals surface area contributed by atoms with Gasteiger partial charge in [-0.2, -0.15) is 5.26 Å². The molecule has 18 heavy (non-hydrogen) atoms. The van der Waals surface area contributed by atoms with E-state index in [0.717, 1.165) is 34.8 Å². The van der Waals surface area contributed by atoms with Crippen molar-refractivity contribution in [3.63, 3.8) is 0 Å². The molecule has 0 amide bonds. The number of methoxy groups -OCH3 is 1. The third kappa shape index (κ3) is 2.07. The summed E-state index contributed by atoms with van der Waals surface area (Å²) in [7, 11) is 1.66. The molecule has 0 bridgehead atoms. The van der Waals surface area contributed by atoms with Gasteiger partial charge in [0.2, 0.25) is 0 Å². The highest BCUT2D eigenvalue weighted by Crippen LogP contribution is 2.27. The number of hydrogen-bond acceptors (Lipinski definition) is 3. The lowest BCUT2D eigenvalue weighted by atomic mass is 10.0. The average Bonchev–Trinajstić information content (AvgIpc) is 2.79. The van der Waals surface area contributed by atoms with Crippen LogP contribution >= 0.6 is 0 Å². The lowest BCUT2D eigenvalue weighted by Crippen LogP contribution is -1.92. The maximum atomic E-state index is 9.06. The lowest BCUT2D eigenvalue weighted by Gasteiger charge is -2.08. The van der Waals surface area contributed by atoms with Gasteiger partial charge in [-0.1, -0.05) is 6.92 Å².